The molecule has 0 spiro atoms. The molecule has 1 aliphatic heterocycles. The number of fused-ring (bicyclic) bond motifs is 1. The molecule has 1 fully saturated rings. The Hall–Kier alpha value is -3.32. The molecular weight excluding hydrogens is 412 g/mol. The minimum atomic E-state index is -0.295. The maximum Gasteiger partial charge on any atom is 0.253 e. The molecule has 1 N–H and O–H groups in total. The number of tetrazole rings is 1. The lowest BCUT2D eigenvalue weighted by Crippen LogP contribution is -2.36. The van der Waals surface area contributed by atoms with Gasteiger partial charge in [0.25, 0.3) is 5.56 Å². The molecule has 5 rings (SSSR count). The normalized spacial score (nSPS) is 16.1. The van der Waals surface area contributed by atoms with Crippen molar-refractivity contribution in [3.05, 3.63) is 87.0 Å². The lowest BCUT2D eigenvalue weighted by Gasteiger charge is -2.29. The molecule has 1 aliphatic rings. The van der Waals surface area contributed by atoms with Crippen LogP contribution in [0.5, 0.6) is 0 Å². The van der Waals surface area contributed by atoms with Crippen molar-refractivity contribution in [3.63, 3.8) is 0 Å². The van der Waals surface area contributed by atoms with Crippen LogP contribution in [0.25, 0.3) is 10.9 Å². The van der Waals surface area contributed by atoms with Gasteiger partial charge in [0.15, 0.2) is 5.82 Å². The summed E-state index contributed by atoms with van der Waals surface area (Å²) in [5.74, 6) is 0.717. The van der Waals surface area contributed by atoms with Gasteiger partial charge in [0, 0.05) is 5.56 Å². The second-order valence-corrected chi connectivity index (χ2v) is 9.06. The van der Waals surface area contributed by atoms with Crippen molar-refractivity contribution in [1.82, 2.24) is 30.1 Å². The highest BCUT2D eigenvalue weighted by molar-refractivity contribution is 5.83. The second-order valence-electron chi connectivity index (χ2n) is 9.06. The molecule has 4 aromatic rings. The Labute approximate surface area is 193 Å². The van der Waals surface area contributed by atoms with Crippen LogP contribution >= 0.6 is 0 Å². The molecule has 0 amide bonds. The first kappa shape index (κ1) is 21.5. The zero-order valence-electron chi connectivity index (χ0n) is 19.3. The van der Waals surface area contributed by atoms with Crippen molar-refractivity contribution in [1.29, 1.82) is 0 Å². The summed E-state index contributed by atoms with van der Waals surface area (Å²) in [5.41, 5.74) is 4.94. The number of likely N-dealkylation sites (tertiary alicyclic amines) is 1. The number of hydrogen-bond acceptors (Lipinski definition) is 5. The van der Waals surface area contributed by atoms with E-state index in [0.717, 1.165) is 53.8 Å². The lowest BCUT2D eigenvalue weighted by atomic mass is 10.00. The quantitative estimate of drug-likeness (QED) is 0.502. The molecule has 170 valence electrons. The SMILES string of the molecule is Cc1ccc2cc([C@H](c3nnnn3Cc3ccccc3)N3CCCCCC3)c(=O)[nH]c2c1C. The van der Waals surface area contributed by atoms with E-state index < -0.39 is 0 Å². The summed E-state index contributed by atoms with van der Waals surface area (Å²) in [4.78, 5) is 19.0. The Kier molecular flexibility index (Phi) is 6.05. The molecule has 2 aromatic carbocycles. The fourth-order valence-corrected chi connectivity index (χ4v) is 4.87. The van der Waals surface area contributed by atoms with E-state index in [1.165, 1.54) is 18.4 Å². The van der Waals surface area contributed by atoms with E-state index in [2.05, 4.69) is 63.5 Å². The van der Waals surface area contributed by atoms with Crippen molar-refractivity contribution in [2.24, 2.45) is 0 Å². The van der Waals surface area contributed by atoms with Crippen LogP contribution in [0.4, 0.5) is 0 Å². The van der Waals surface area contributed by atoms with E-state index in [0.29, 0.717) is 12.1 Å². The maximum absolute atomic E-state index is 13.5. The molecule has 33 heavy (non-hydrogen) atoms. The molecule has 0 radical (unpaired) electrons. The van der Waals surface area contributed by atoms with Crippen LogP contribution in [0, 0.1) is 13.8 Å². The highest BCUT2D eigenvalue weighted by atomic mass is 16.1. The number of H-pyrrole nitrogens is 1. The summed E-state index contributed by atoms with van der Waals surface area (Å²) in [6.45, 7) is 6.54. The van der Waals surface area contributed by atoms with Gasteiger partial charge in [-0.2, -0.15) is 0 Å². The summed E-state index contributed by atoms with van der Waals surface area (Å²) in [6.07, 6.45) is 4.65. The van der Waals surface area contributed by atoms with Gasteiger partial charge < -0.3 is 4.98 Å². The van der Waals surface area contributed by atoms with Gasteiger partial charge in [-0.25, -0.2) is 4.68 Å². The Bertz CT molecular complexity index is 1300. The molecular formula is C26H30N6O. The molecule has 7 nitrogen and oxygen atoms in total. The van der Waals surface area contributed by atoms with Crippen molar-refractivity contribution in [2.45, 2.75) is 52.1 Å². The van der Waals surface area contributed by atoms with Gasteiger partial charge >= 0.3 is 0 Å². The number of aromatic amines is 1. The van der Waals surface area contributed by atoms with Gasteiger partial charge in [0.2, 0.25) is 0 Å². The predicted molar refractivity (Wildman–Crippen MR) is 129 cm³/mol. The van der Waals surface area contributed by atoms with Crippen LogP contribution < -0.4 is 5.56 Å². The fourth-order valence-electron chi connectivity index (χ4n) is 4.87. The van der Waals surface area contributed by atoms with Crippen LogP contribution in [-0.4, -0.2) is 43.2 Å². The average molecular weight is 443 g/mol. The van der Waals surface area contributed by atoms with E-state index in [4.69, 9.17) is 0 Å². The van der Waals surface area contributed by atoms with Crippen LogP contribution in [0.1, 0.15) is 59.8 Å². The van der Waals surface area contributed by atoms with E-state index in [1.807, 2.05) is 28.9 Å². The van der Waals surface area contributed by atoms with Gasteiger partial charge in [-0.3, -0.25) is 9.69 Å². The Morgan fingerprint density at radius 3 is 2.52 bits per heavy atom. The molecule has 0 saturated carbocycles. The van der Waals surface area contributed by atoms with Crippen LogP contribution in [0.3, 0.4) is 0 Å². The number of aryl methyl sites for hydroxylation is 2. The molecule has 0 aliphatic carbocycles. The second kappa shape index (κ2) is 9.27. The van der Waals surface area contributed by atoms with Gasteiger partial charge in [-0.05, 0) is 78.3 Å². The number of pyridine rings is 1. The number of hydrogen-bond donors (Lipinski definition) is 1. The summed E-state index contributed by atoms with van der Waals surface area (Å²) >= 11 is 0. The summed E-state index contributed by atoms with van der Waals surface area (Å²) in [7, 11) is 0. The zero-order chi connectivity index (χ0) is 22.8. The molecule has 0 bridgehead atoms. The number of benzene rings is 2. The van der Waals surface area contributed by atoms with Gasteiger partial charge in [-0.15, -0.1) is 5.10 Å². The molecule has 0 unspecified atom stereocenters. The van der Waals surface area contributed by atoms with Gasteiger partial charge in [0.05, 0.1) is 12.1 Å². The van der Waals surface area contributed by atoms with Crippen LogP contribution in [0.2, 0.25) is 0 Å². The number of aromatic nitrogens is 5. The summed E-state index contributed by atoms with van der Waals surface area (Å²) in [6, 6.07) is 16.1. The predicted octanol–water partition coefficient (Wildman–Crippen LogP) is 4.15. The van der Waals surface area contributed by atoms with Crippen molar-refractivity contribution in [2.75, 3.05) is 13.1 Å². The Morgan fingerprint density at radius 2 is 1.76 bits per heavy atom. The number of rotatable bonds is 5. The standard InChI is InChI=1S/C26H30N6O/c1-18-12-13-21-16-22(26(33)27-23(21)19(18)2)24(31-14-8-3-4-9-15-31)25-28-29-30-32(25)17-20-10-6-5-7-11-20/h5-7,10-13,16,24H,3-4,8-9,14-15,17H2,1-2H3,(H,27,33)/t24-/m1/s1. The molecule has 7 heteroatoms. The van der Waals surface area contributed by atoms with Crippen molar-refractivity contribution < 1.29 is 0 Å². The third-order valence-electron chi connectivity index (χ3n) is 6.86. The molecule has 1 saturated heterocycles. The average Bonchev–Trinajstić information content (AvgIpc) is 3.10. The van der Waals surface area contributed by atoms with E-state index in [1.54, 1.807) is 0 Å². The highest BCUT2D eigenvalue weighted by Gasteiger charge is 2.31. The maximum atomic E-state index is 13.5. The van der Waals surface area contributed by atoms with Gasteiger partial charge in [0.1, 0.15) is 6.04 Å². The third-order valence-corrected chi connectivity index (χ3v) is 6.86. The minimum absolute atomic E-state index is 0.0697. The van der Waals surface area contributed by atoms with Crippen LogP contribution in [-0.2, 0) is 6.54 Å². The largest absolute Gasteiger partial charge is 0.321 e. The lowest BCUT2D eigenvalue weighted by molar-refractivity contribution is 0.220. The van der Waals surface area contributed by atoms with E-state index in [-0.39, 0.29) is 11.6 Å². The molecule has 2 aromatic heterocycles. The fraction of sp³-hybridized carbons (Fsp3) is 0.385. The monoisotopic (exact) mass is 442 g/mol. The first-order valence-electron chi connectivity index (χ1n) is 11.8. The molecule has 1 atom stereocenters. The first-order chi connectivity index (χ1) is 16.1. The smallest absolute Gasteiger partial charge is 0.253 e. The minimum Gasteiger partial charge on any atom is -0.321 e. The Balaban J connectivity index is 1.64. The third kappa shape index (κ3) is 4.33. The Morgan fingerprint density at radius 1 is 1.00 bits per heavy atom. The summed E-state index contributed by atoms with van der Waals surface area (Å²) < 4.78 is 1.84. The topological polar surface area (TPSA) is 79.7 Å². The van der Waals surface area contributed by atoms with Gasteiger partial charge in [-0.1, -0.05) is 55.3 Å². The van der Waals surface area contributed by atoms with Crippen molar-refractivity contribution >= 4 is 10.9 Å². The molecule has 3 heterocycles. The number of nitrogens with one attached hydrogen (secondary N) is 1. The van der Waals surface area contributed by atoms with Crippen LogP contribution in [0.15, 0.2) is 53.3 Å². The van der Waals surface area contributed by atoms with Crippen molar-refractivity contribution in [3.8, 4) is 0 Å². The zero-order valence-corrected chi connectivity index (χ0v) is 19.3. The first-order valence-corrected chi connectivity index (χ1v) is 11.8. The number of nitrogens with zero attached hydrogens (tertiary/aromatic N) is 5. The van der Waals surface area contributed by atoms with E-state index in [9.17, 15) is 4.79 Å². The van der Waals surface area contributed by atoms with E-state index >= 15 is 0 Å². The highest BCUT2D eigenvalue weighted by Crippen LogP contribution is 2.30. The summed E-state index contributed by atoms with van der Waals surface area (Å²) in [5, 5.41) is 13.8.